The van der Waals surface area contributed by atoms with Crippen LogP contribution in [-0.4, -0.2) is 37.0 Å². The summed E-state index contributed by atoms with van der Waals surface area (Å²) < 4.78 is 27.2. The smallest absolute Gasteiger partial charge is 0.261 e. The molecule has 0 radical (unpaired) electrons. The number of halogens is 1. The lowest BCUT2D eigenvalue weighted by atomic mass is 10.2. The fourth-order valence-corrected chi connectivity index (χ4v) is 2.59. The molecule has 19 heavy (non-hydrogen) atoms. The van der Waals surface area contributed by atoms with Crippen molar-refractivity contribution in [3.8, 4) is 0 Å². The van der Waals surface area contributed by atoms with Crippen LogP contribution in [0.15, 0.2) is 11.4 Å². The Balaban J connectivity index is 2.62. The molecular formula is C10H17ClN4O3S. The number of amides is 1. The van der Waals surface area contributed by atoms with Crippen LogP contribution in [-0.2, 0) is 21.9 Å². The second-order valence-corrected chi connectivity index (χ2v) is 6.51. The van der Waals surface area contributed by atoms with Crippen LogP contribution in [0.5, 0.6) is 0 Å². The maximum Gasteiger partial charge on any atom is 0.261 e. The maximum atomic E-state index is 11.9. The highest BCUT2D eigenvalue weighted by molar-refractivity contribution is 7.89. The second-order valence-electron chi connectivity index (χ2n) is 4.47. The van der Waals surface area contributed by atoms with Crippen molar-refractivity contribution in [1.29, 1.82) is 0 Å². The van der Waals surface area contributed by atoms with Gasteiger partial charge in [0.15, 0.2) is 0 Å². The van der Waals surface area contributed by atoms with E-state index in [1.807, 2.05) is 13.8 Å². The van der Waals surface area contributed by atoms with Gasteiger partial charge < -0.3 is 9.88 Å². The molecule has 0 unspecified atom stereocenters. The summed E-state index contributed by atoms with van der Waals surface area (Å²) in [6.07, 6.45) is 1.29. The molecule has 0 saturated carbocycles. The van der Waals surface area contributed by atoms with Crippen LogP contribution in [0.3, 0.4) is 0 Å². The number of aromatic nitrogens is 2. The predicted octanol–water partition coefficient (Wildman–Crippen LogP) is 0.124. The van der Waals surface area contributed by atoms with Gasteiger partial charge in [-0.15, -0.1) is 0 Å². The summed E-state index contributed by atoms with van der Waals surface area (Å²) in [6, 6.07) is 0. The molecule has 0 saturated heterocycles. The molecule has 0 aliphatic carbocycles. The number of carbonyl (C=O) groups excluding carboxylic acids is 1. The molecule has 1 rings (SSSR count). The molecule has 0 fully saturated rings. The molecule has 0 bridgehead atoms. The Hall–Kier alpha value is -1.12. The minimum Gasteiger partial charge on any atom is -0.355 e. The van der Waals surface area contributed by atoms with E-state index in [-0.39, 0.29) is 16.7 Å². The van der Waals surface area contributed by atoms with Crippen LogP contribution in [0.1, 0.15) is 13.8 Å². The molecule has 108 valence electrons. The molecule has 0 atom stereocenters. The van der Waals surface area contributed by atoms with Gasteiger partial charge in [-0.1, -0.05) is 25.4 Å². The van der Waals surface area contributed by atoms with Gasteiger partial charge in [0, 0.05) is 13.6 Å². The summed E-state index contributed by atoms with van der Waals surface area (Å²) in [6.45, 7) is 4.03. The fraction of sp³-hybridized carbons (Fsp3) is 0.600. The third kappa shape index (κ3) is 4.48. The molecule has 0 aliphatic rings. The molecule has 1 aromatic rings. The van der Waals surface area contributed by atoms with Crippen molar-refractivity contribution in [2.45, 2.75) is 18.9 Å². The van der Waals surface area contributed by atoms with Gasteiger partial charge in [0.05, 0.1) is 12.9 Å². The van der Waals surface area contributed by atoms with Crippen LogP contribution in [0, 0.1) is 5.92 Å². The lowest BCUT2D eigenvalue weighted by Crippen LogP contribution is -2.38. The predicted molar refractivity (Wildman–Crippen MR) is 71.3 cm³/mol. The average Bonchev–Trinajstić information content (AvgIpc) is 2.65. The summed E-state index contributed by atoms with van der Waals surface area (Å²) in [5.74, 6) is -0.102. The zero-order valence-electron chi connectivity index (χ0n) is 11.0. The maximum absolute atomic E-state index is 11.9. The van der Waals surface area contributed by atoms with E-state index in [4.69, 9.17) is 11.6 Å². The lowest BCUT2D eigenvalue weighted by molar-refractivity contribution is -0.120. The summed E-state index contributed by atoms with van der Waals surface area (Å²) in [5.41, 5.74) is 0. The molecule has 2 N–H and O–H groups in total. The number of aryl methyl sites for hydroxylation is 1. The van der Waals surface area contributed by atoms with Gasteiger partial charge in [0.25, 0.3) is 10.0 Å². The Bertz CT molecular complexity index is 553. The third-order valence-corrected chi connectivity index (χ3v) is 4.11. The molecule has 0 aliphatic heterocycles. The SMILES string of the molecule is CC(C)CNC(=O)CNS(=O)(=O)c1ncn(C)c1Cl. The quantitative estimate of drug-likeness (QED) is 0.781. The van der Waals surface area contributed by atoms with Crippen LogP contribution in [0.2, 0.25) is 5.15 Å². The van der Waals surface area contributed by atoms with Gasteiger partial charge in [-0.3, -0.25) is 4.79 Å². The van der Waals surface area contributed by atoms with Gasteiger partial charge in [-0.25, -0.2) is 18.1 Å². The number of nitrogens with zero attached hydrogens (tertiary/aromatic N) is 2. The first-order chi connectivity index (χ1) is 8.74. The van der Waals surface area contributed by atoms with E-state index in [1.165, 1.54) is 10.9 Å². The van der Waals surface area contributed by atoms with Gasteiger partial charge in [-0.05, 0) is 5.92 Å². The highest BCUT2D eigenvalue weighted by Crippen LogP contribution is 2.17. The molecular weight excluding hydrogens is 292 g/mol. The van der Waals surface area contributed by atoms with E-state index in [2.05, 4.69) is 15.0 Å². The number of nitrogens with one attached hydrogen (secondary N) is 2. The van der Waals surface area contributed by atoms with Gasteiger partial charge in [0.2, 0.25) is 10.9 Å². The van der Waals surface area contributed by atoms with Gasteiger partial charge in [0.1, 0.15) is 5.15 Å². The Morgan fingerprint density at radius 3 is 2.63 bits per heavy atom. The molecule has 0 aromatic carbocycles. The monoisotopic (exact) mass is 308 g/mol. The van der Waals surface area contributed by atoms with E-state index >= 15 is 0 Å². The van der Waals surface area contributed by atoms with Crippen molar-refractivity contribution in [1.82, 2.24) is 19.6 Å². The normalized spacial score (nSPS) is 11.8. The summed E-state index contributed by atoms with van der Waals surface area (Å²) in [5, 5.41) is 2.31. The zero-order valence-corrected chi connectivity index (χ0v) is 12.5. The number of imidazole rings is 1. The number of carbonyl (C=O) groups is 1. The minimum absolute atomic E-state index is 0.00455. The van der Waals surface area contributed by atoms with Crippen LogP contribution in [0.4, 0.5) is 0 Å². The van der Waals surface area contributed by atoms with Crippen molar-refractivity contribution in [2.24, 2.45) is 13.0 Å². The topological polar surface area (TPSA) is 93.1 Å². The van der Waals surface area contributed by atoms with Crippen molar-refractivity contribution in [2.75, 3.05) is 13.1 Å². The zero-order chi connectivity index (χ0) is 14.6. The standard InChI is InChI=1S/C10H17ClN4O3S/c1-7(2)4-12-8(16)5-14-19(17,18)10-9(11)15(3)6-13-10/h6-7,14H,4-5H2,1-3H3,(H,12,16). The summed E-state index contributed by atoms with van der Waals surface area (Å²) in [7, 11) is -2.31. The van der Waals surface area contributed by atoms with Crippen molar-refractivity contribution in [3.05, 3.63) is 11.5 Å². The van der Waals surface area contributed by atoms with E-state index < -0.39 is 15.9 Å². The molecule has 1 aromatic heterocycles. The molecule has 0 spiro atoms. The largest absolute Gasteiger partial charge is 0.355 e. The van der Waals surface area contributed by atoms with Crippen LogP contribution >= 0.6 is 11.6 Å². The Morgan fingerprint density at radius 2 is 2.16 bits per heavy atom. The van der Waals surface area contributed by atoms with E-state index in [9.17, 15) is 13.2 Å². The van der Waals surface area contributed by atoms with E-state index in [1.54, 1.807) is 7.05 Å². The summed E-state index contributed by atoms with van der Waals surface area (Å²) >= 11 is 5.79. The Labute approximate surface area is 117 Å². The average molecular weight is 309 g/mol. The number of hydrogen-bond donors (Lipinski definition) is 2. The Kier molecular flexibility index (Phi) is 5.33. The lowest BCUT2D eigenvalue weighted by Gasteiger charge is -2.08. The first-order valence-electron chi connectivity index (χ1n) is 5.67. The van der Waals surface area contributed by atoms with Gasteiger partial charge in [-0.2, -0.15) is 0 Å². The molecule has 1 amide bonds. The highest BCUT2D eigenvalue weighted by atomic mass is 35.5. The first-order valence-corrected chi connectivity index (χ1v) is 7.53. The number of sulfonamides is 1. The Morgan fingerprint density at radius 1 is 1.53 bits per heavy atom. The van der Waals surface area contributed by atoms with Crippen molar-refractivity contribution < 1.29 is 13.2 Å². The molecule has 9 heteroatoms. The molecule has 7 nitrogen and oxygen atoms in total. The van der Waals surface area contributed by atoms with Crippen LogP contribution < -0.4 is 10.0 Å². The fourth-order valence-electron chi connectivity index (χ4n) is 1.18. The molecule has 1 heterocycles. The van der Waals surface area contributed by atoms with E-state index in [0.29, 0.717) is 12.5 Å². The van der Waals surface area contributed by atoms with Crippen LogP contribution in [0.25, 0.3) is 0 Å². The highest BCUT2D eigenvalue weighted by Gasteiger charge is 2.22. The summed E-state index contributed by atoms with van der Waals surface area (Å²) in [4.78, 5) is 15.1. The van der Waals surface area contributed by atoms with E-state index in [0.717, 1.165) is 0 Å². The first kappa shape index (κ1) is 15.9. The van der Waals surface area contributed by atoms with Crippen molar-refractivity contribution >= 4 is 27.5 Å². The van der Waals surface area contributed by atoms with Crippen molar-refractivity contribution in [3.63, 3.8) is 0 Å². The number of hydrogen-bond acceptors (Lipinski definition) is 4. The minimum atomic E-state index is -3.88. The number of rotatable bonds is 6. The third-order valence-electron chi connectivity index (χ3n) is 2.22. The second kappa shape index (κ2) is 6.36. The van der Waals surface area contributed by atoms with Gasteiger partial charge >= 0.3 is 0 Å².